The van der Waals surface area contributed by atoms with Gasteiger partial charge in [-0.2, -0.15) is 0 Å². The molecule has 0 aromatic heterocycles. The van der Waals surface area contributed by atoms with Gasteiger partial charge in [0.2, 0.25) is 11.8 Å². The average molecular weight is 264 g/mol. The molecule has 2 rings (SSSR count). The number of carbonyl (C=O) groups is 2. The van der Waals surface area contributed by atoms with E-state index in [9.17, 15) is 14.0 Å². The largest absolute Gasteiger partial charge is 0.343 e. The first-order valence-corrected chi connectivity index (χ1v) is 6.22. The number of aryl methyl sites for hydroxylation is 2. The minimum Gasteiger partial charge on any atom is -0.343 e. The van der Waals surface area contributed by atoms with Crippen molar-refractivity contribution in [3.8, 4) is 0 Å². The van der Waals surface area contributed by atoms with Crippen LogP contribution in [0.1, 0.15) is 23.6 Å². The molecule has 1 unspecified atom stereocenters. The van der Waals surface area contributed by atoms with Crippen LogP contribution in [0.3, 0.4) is 0 Å². The summed E-state index contributed by atoms with van der Waals surface area (Å²) in [7, 11) is 0. The Hall–Kier alpha value is -1.91. The van der Waals surface area contributed by atoms with Gasteiger partial charge in [-0.1, -0.05) is 12.1 Å². The third-order valence-electron chi connectivity index (χ3n) is 3.26. The predicted molar refractivity (Wildman–Crippen MR) is 68.9 cm³/mol. The first-order chi connectivity index (χ1) is 8.88. The molecule has 0 radical (unpaired) electrons. The second kappa shape index (κ2) is 4.99. The molecule has 0 saturated carbocycles. The van der Waals surface area contributed by atoms with Crippen LogP contribution in [0.25, 0.3) is 0 Å². The van der Waals surface area contributed by atoms with Crippen LogP contribution < -0.4 is 5.32 Å². The van der Waals surface area contributed by atoms with Crippen molar-refractivity contribution < 1.29 is 14.0 Å². The van der Waals surface area contributed by atoms with Crippen molar-refractivity contribution in [2.24, 2.45) is 0 Å². The average Bonchev–Trinajstić information content (AvgIpc) is 2.32. The van der Waals surface area contributed by atoms with Gasteiger partial charge in [-0.05, 0) is 37.5 Å². The Kier molecular flexibility index (Phi) is 3.55. The molecule has 4 nitrogen and oxygen atoms in total. The molecule has 1 heterocycles. The summed E-state index contributed by atoms with van der Waals surface area (Å²) in [5.41, 5.74) is 1.94. The number of hydrogen-bond donors (Lipinski definition) is 1. The second-order valence-corrected chi connectivity index (χ2v) is 5.03. The van der Waals surface area contributed by atoms with E-state index < -0.39 is 6.04 Å². The van der Waals surface area contributed by atoms with Crippen molar-refractivity contribution >= 4 is 11.8 Å². The molecule has 1 aliphatic rings. The van der Waals surface area contributed by atoms with Crippen molar-refractivity contribution in [3.63, 3.8) is 0 Å². The van der Waals surface area contributed by atoms with Gasteiger partial charge in [-0.25, -0.2) is 4.39 Å². The fourth-order valence-corrected chi connectivity index (χ4v) is 2.36. The van der Waals surface area contributed by atoms with E-state index in [1.807, 2.05) is 0 Å². The van der Waals surface area contributed by atoms with E-state index in [-0.39, 0.29) is 24.2 Å². The minimum atomic E-state index is -0.496. The third-order valence-corrected chi connectivity index (χ3v) is 3.26. The molecule has 19 heavy (non-hydrogen) atoms. The lowest BCUT2D eigenvalue weighted by Gasteiger charge is -2.31. The van der Waals surface area contributed by atoms with E-state index in [0.717, 1.165) is 5.56 Å². The molecule has 0 bridgehead atoms. The van der Waals surface area contributed by atoms with E-state index in [0.29, 0.717) is 17.7 Å². The maximum Gasteiger partial charge on any atom is 0.245 e. The lowest BCUT2D eigenvalue weighted by Crippen LogP contribution is -2.56. The van der Waals surface area contributed by atoms with Gasteiger partial charge in [0.1, 0.15) is 11.9 Å². The van der Waals surface area contributed by atoms with Crippen LogP contribution >= 0.6 is 0 Å². The summed E-state index contributed by atoms with van der Waals surface area (Å²) in [6, 6.07) is 2.93. The van der Waals surface area contributed by atoms with Gasteiger partial charge in [0, 0.05) is 6.54 Å². The number of benzene rings is 1. The fraction of sp³-hybridized carbons (Fsp3) is 0.429. The topological polar surface area (TPSA) is 49.4 Å². The molecule has 102 valence electrons. The Labute approximate surface area is 111 Å². The molecule has 1 fully saturated rings. The third kappa shape index (κ3) is 2.75. The van der Waals surface area contributed by atoms with Crippen molar-refractivity contribution in [1.82, 2.24) is 10.2 Å². The normalized spacial score (nSPS) is 19.6. The Morgan fingerprint density at radius 2 is 1.89 bits per heavy atom. The molecule has 0 spiro atoms. The number of halogens is 1. The zero-order chi connectivity index (χ0) is 14.2. The summed E-state index contributed by atoms with van der Waals surface area (Å²) in [6.45, 7) is 5.43. The Bertz CT molecular complexity index is 519. The molecule has 1 aromatic rings. The summed E-state index contributed by atoms with van der Waals surface area (Å²) < 4.78 is 13.5. The highest BCUT2D eigenvalue weighted by Gasteiger charge is 2.29. The molecule has 2 amide bonds. The van der Waals surface area contributed by atoms with Crippen LogP contribution in [-0.2, 0) is 16.1 Å². The molecule has 1 N–H and O–H groups in total. The van der Waals surface area contributed by atoms with Crippen molar-refractivity contribution in [2.45, 2.75) is 33.4 Å². The highest BCUT2D eigenvalue weighted by Crippen LogP contribution is 2.17. The molecule has 1 aromatic carbocycles. The Morgan fingerprint density at radius 3 is 2.47 bits per heavy atom. The summed E-state index contributed by atoms with van der Waals surface area (Å²) in [6.07, 6.45) is 0. The van der Waals surface area contributed by atoms with Crippen molar-refractivity contribution in [1.29, 1.82) is 0 Å². The molecule has 1 saturated heterocycles. The number of piperazine rings is 1. The monoisotopic (exact) mass is 264 g/mol. The number of nitrogens with zero attached hydrogens (tertiary/aromatic N) is 1. The highest BCUT2D eigenvalue weighted by atomic mass is 19.1. The standard InChI is InChI=1S/C14H17FN2O2/c1-8-4-11(5-9(2)13(8)15)6-17-7-12(18)16-10(3)14(17)19/h4-5,10H,6-7H2,1-3H3,(H,16,18). The van der Waals surface area contributed by atoms with E-state index in [2.05, 4.69) is 5.32 Å². The van der Waals surface area contributed by atoms with Crippen molar-refractivity contribution in [2.75, 3.05) is 6.54 Å². The van der Waals surface area contributed by atoms with Crippen molar-refractivity contribution in [3.05, 3.63) is 34.6 Å². The molecule has 1 atom stereocenters. The SMILES string of the molecule is Cc1cc(CN2CC(=O)NC(C)C2=O)cc(C)c1F. The van der Waals surface area contributed by atoms with Gasteiger partial charge in [-0.15, -0.1) is 0 Å². The summed E-state index contributed by atoms with van der Waals surface area (Å²) >= 11 is 0. The van der Waals surface area contributed by atoms with Crippen LogP contribution in [0.2, 0.25) is 0 Å². The maximum atomic E-state index is 13.5. The number of amides is 2. The van der Waals surface area contributed by atoms with Gasteiger partial charge < -0.3 is 10.2 Å². The van der Waals surface area contributed by atoms with Crippen LogP contribution in [-0.4, -0.2) is 29.3 Å². The number of carbonyl (C=O) groups excluding carboxylic acids is 2. The van der Waals surface area contributed by atoms with Crippen LogP contribution in [0.4, 0.5) is 4.39 Å². The van der Waals surface area contributed by atoms with E-state index in [4.69, 9.17) is 0 Å². The zero-order valence-corrected chi connectivity index (χ0v) is 11.3. The summed E-state index contributed by atoms with van der Waals surface area (Å²) in [4.78, 5) is 24.9. The summed E-state index contributed by atoms with van der Waals surface area (Å²) in [5, 5.41) is 2.59. The first kappa shape index (κ1) is 13.5. The van der Waals surface area contributed by atoms with Crippen LogP contribution in [0, 0.1) is 19.7 Å². The Balaban J connectivity index is 2.21. The molecular weight excluding hydrogens is 247 g/mol. The van der Waals surface area contributed by atoms with E-state index >= 15 is 0 Å². The number of hydrogen-bond acceptors (Lipinski definition) is 2. The molecule has 1 aliphatic heterocycles. The lowest BCUT2D eigenvalue weighted by atomic mass is 10.1. The van der Waals surface area contributed by atoms with E-state index in [1.165, 1.54) is 4.90 Å². The Morgan fingerprint density at radius 1 is 1.32 bits per heavy atom. The van der Waals surface area contributed by atoms with Crippen LogP contribution in [0.5, 0.6) is 0 Å². The van der Waals surface area contributed by atoms with Gasteiger partial charge in [0.15, 0.2) is 0 Å². The number of rotatable bonds is 2. The number of nitrogens with one attached hydrogen (secondary N) is 1. The maximum absolute atomic E-state index is 13.5. The van der Waals surface area contributed by atoms with Gasteiger partial charge >= 0.3 is 0 Å². The van der Waals surface area contributed by atoms with E-state index in [1.54, 1.807) is 32.9 Å². The lowest BCUT2D eigenvalue weighted by molar-refractivity contribution is -0.144. The van der Waals surface area contributed by atoms with Gasteiger partial charge in [0.25, 0.3) is 0 Å². The fourth-order valence-electron chi connectivity index (χ4n) is 2.36. The van der Waals surface area contributed by atoms with Gasteiger partial charge in [-0.3, -0.25) is 9.59 Å². The minimum absolute atomic E-state index is 0.0542. The predicted octanol–water partition coefficient (Wildman–Crippen LogP) is 1.29. The molecule has 0 aliphatic carbocycles. The molecule has 5 heteroatoms. The van der Waals surface area contributed by atoms with Crippen LogP contribution in [0.15, 0.2) is 12.1 Å². The summed E-state index contributed by atoms with van der Waals surface area (Å²) in [5.74, 6) is -0.498. The smallest absolute Gasteiger partial charge is 0.245 e. The highest BCUT2D eigenvalue weighted by molar-refractivity contribution is 5.94. The first-order valence-electron chi connectivity index (χ1n) is 6.22. The molecular formula is C14H17FN2O2. The second-order valence-electron chi connectivity index (χ2n) is 5.03. The van der Waals surface area contributed by atoms with Gasteiger partial charge in [0.05, 0.1) is 6.54 Å². The zero-order valence-electron chi connectivity index (χ0n) is 11.3. The quantitative estimate of drug-likeness (QED) is 0.875.